The van der Waals surface area contributed by atoms with Crippen molar-refractivity contribution in [1.82, 2.24) is 10.2 Å². The number of nitrogens with zero attached hydrogens (tertiary/aromatic N) is 1. The molecule has 0 heterocycles. The standard InChI is InChI=1S/C12H27N3O/c1-6-10(4)15(5)8-7-14-12(16)11(13)9(2)3/h9-11H,6-8,13H2,1-5H3,(H,14,16)/t10?,11-/m0/s1. The second-order valence-electron chi connectivity index (χ2n) is 4.80. The van der Waals surface area contributed by atoms with E-state index >= 15 is 0 Å². The monoisotopic (exact) mass is 229 g/mol. The molecular weight excluding hydrogens is 202 g/mol. The van der Waals surface area contributed by atoms with E-state index in [2.05, 4.69) is 31.1 Å². The minimum Gasteiger partial charge on any atom is -0.353 e. The van der Waals surface area contributed by atoms with Crippen molar-refractivity contribution in [3.05, 3.63) is 0 Å². The first-order valence-corrected chi connectivity index (χ1v) is 6.13. The van der Waals surface area contributed by atoms with Crippen LogP contribution in [0.25, 0.3) is 0 Å². The van der Waals surface area contributed by atoms with Crippen LogP contribution in [0.1, 0.15) is 34.1 Å². The molecule has 0 spiro atoms. The van der Waals surface area contributed by atoms with Gasteiger partial charge in [-0.25, -0.2) is 0 Å². The first-order chi connectivity index (χ1) is 7.40. The Labute approximate surface area is 99.6 Å². The molecule has 2 atom stereocenters. The van der Waals surface area contributed by atoms with E-state index in [1.165, 1.54) is 0 Å². The van der Waals surface area contributed by atoms with Crippen molar-refractivity contribution in [2.75, 3.05) is 20.1 Å². The lowest BCUT2D eigenvalue weighted by molar-refractivity contribution is -0.123. The van der Waals surface area contributed by atoms with Crippen molar-refractivity contribution in [2.45, 2.75) is 46.2 Å². The Balaban J connectivity index is 3.78. The number of amides is 1. The van der Waals surface area contributed by atoms with E-state index in [1.807, 2.05) is 13.8 Å². The quantitative estimate of drug-likeness (QED) is 0.679. The van der Waals surface area contributed by atoms with Crippen molar-refractivity contribution in [3.63, 3.8) is 0 Å². The van der Waals surface area contributed by atoms with Crippen molar-refractivity contribution in [2.24, 2.45) is 11.7 Å². The van der Waals surface area contributed by atoms with Crippen LogP contribution < -0.4 is 11.1 Å². The van der Waals surface area contributed by atoms with Gasteiger partial charge in [-0.1, -0.05) is 20.8 Å². The number of carbonyl (C=O) groups excluding carboxylic acids is 1. The summed E-state index contributed by atoms with van der Waals surface area (Å²) in [5, 5.41) is 2.87. The van der Waals surface area contributed by atoms with Crippen LogP contribution in [-0.2, 0) is 4.79 Å². The summed E-state index contributed by atoms with van der Waals surface area (Å²) in [6.07, 6.45) is 1.12. The van der Waals surface area contributed by atoms with Gasteiger partial charge in [0.2, 0.25) is 5.91 Å². The Morgan fingerprint density at radius 2 is 1.94 bits per heavy atom. The Morgan fingerprint density at radius 1 is 1.38 bits per heavy atom. The van der Waals surface area contributed by atoms with Crippen LogP contribution in [0.5, 0.6) is 0 Å². The van der Waals surface area contributed by atoms with E-state index in [4.69, 9.17) is 5.73 Å². The molecular formula is C12H27N3O. The maximum Gasteiger partial charge on any atom is 0.237 e. The third-order valence-corrected chi connectivity index (χ3v) is 3.13. The number of carbonyl (C=O) groups is 1. The average molecular weight is 229 g/mol. The summed E-state index contributed by atoms with van der Waals surface area (Å²) in [5.41, 5.74) is 5.74. The first-order valence-electron chi connectivity index (χ1n) is 6.13. The molecule has 3 N–H and O–H groups in total. The lowest BCUT2D eigenvalue weighted by Gasteiger charge is -2.24. The summed E-state index contributed by atoms with van der Waals surface area (Å²) in [7, 11) is 2.07. The third-order valence-electron chi connectivity index (χ3n) is 3.13. The van der Waals surface area contributed by atoms with Crippen molar-refractivity contribution in [3.8, 4) is 0 Å². The molecule has 4 nitrogen and oxygen atoms in total. The molecule has 0 fully saturated rings. The fourth-order valence-corrected chi connectivity index (χ4v) is 1.31. The lowest BCUT2D eigenvalue weighted by atomic mass is 10.1. The van der Waals surface area contributed by atoms with Gasteiger partial charge in [-0.05, 0) is 26.3 Å². The van der Waals surface area contributed by atoms with E-state index < -0.39 is 6.04 Å². The fourth-order valence-electron chi connectivity index (χ4n) is 1.31. The van der Waals surface area contributed by atoms with Crippen LogP contribution in [0.4, 0.5) is 0 Å². The predicted molar refractivity (Wildman–Crippen MR) is 68.2 cm³/mol. The van der Waals surface area contributed by atoms with E-state index in [0.29, 0.717) is 12.6 Å². The Morgan fingerprint density at radius 3 is 2.38 bits per heavy atom. The zero-order chi connectivity index (χ0) is 12.7. The van der Waals surface area contributed by atoms with Gasteiger partial charge in [-0.3, -0.25) is 4.79 Å². The molecule has 0 aromatic carbocycles. The molecule has 96 valence electrons. The summed E-state index contributed by atoms with van der Waals surface area (Å²) in [5.74, 6) is 0.139. The highest BCUT2D eigenvalue weighted by molar-refractivity contribution is 5.81. The maximum absolute atomic E-state index is 11.6. The van der Waals surface area contributed by atoms with Crippen LogP contribution >= 0.6 is 0 Å². The van der Waals surface area contributed by atoms with Gasteiger partial charge in [0.25, 0.3) is 0 Å². The molecule has 0 aliphatic carbocycles. The number of hydrogen-bond acceptors (Lipinski definition) is 3. The Bertz CT molecular complexity index is 206. The highest BCUT2D eigenvalue weighted by Gasteiger charge is 2.16. The Kier molecular flexibility index (Phi) is 7.34. The number of hydrogen-bond donors (Lipinski definition) is 2. The summed E-state index contributed by atoms with van der Waals surface area (Å²) in [4.78, 5) is 13.8. The molecule has 1 amide bonds. The minimum absolute atomic E-state index is 0.0486. The van der Waals surface area contributed by atoms with Crippen LogP contribution in [0.3, 0.4) is 0 Å². The van der Waals surface area contributed by atoms with Crippen LogP contribution in [0.15, 0.2) is 0 Å². The third kappa shape index (κ3) is 5.47. The molecule has 4 heteroatoms. The molecule has 0 aliphatic rings. The summed E-state index contributed by atoms with van der Waals surface area (Å²) >= 11 is 0. The van der Waals surface area contributed by atoms with Gasteiger partial charge in [0, 0.05) is 19.1 Å². The van der Waals surface area contributed by atoms with Gasteiger partial charge < -0.3 is 16.0 Å². The smallest absolute Gasteiger partial charge is 0.237 e. The van der Waals surface area contributed by atoms with E-state index in [1.54, 1.807) is 0 Å². The molecule has 0 saturated carbocycles. The van der Waals surface area contributed by atoms with Crippen molar-refractivity contribution >= 4 is 5.91 Å². The number of nitrogens with one attached hydrogen (secondary N) is 1. The van der Waals surface area contributed by atoms with E-state index in [0.717, 1.165) is 13.0 Å². The highest BCUT2D eigenvalue weighted by atomic mass is 16.2. The summed E-state index contributed by atoms with van der Waals surface area (Å²) < 4.78 is 0. The number of nitrogens with two attached hydrogens (primary N) is 1. The Hall–Kier alpha value is -0.610. The van der Waals surface area contributed by atoms with E-state index in [9.17, 15) is 4.79 Å². The van der Waals surface area contributed by atoms with Gasteiger partial charge in [0.05, 0.1) is 6.04 Å². The largest absolute Gasteiger partial charge is 0.353 e. The molecule has 0 saturated heterocycles. The fraction of sp³-hybridized carbons (Fsp3) is 0.917. The second-order valence-corrected chi connectivity index (χ2v) is 4.80. The average Bonchev–Trinajstić information content (AvgIpc) is 2.26. The van der Waals surface area contributed by atoms with Gasteiger partial charge in [0.1, 0.15) is 0 Å². The van der Waals surface area contributed by atoms with Crippen LogP contribution in [0, 0.1) is 5.92 Å². The van der Waals surface area contributed by atoms with Crippen molar-refractivity contribution < 1.29 is 4.79 Å². The van der Waals surface area contributed by atoms with Crippen LogP contribution in [0.2, 0.25) is 0 Å². The molecule has 0 aliphatic heterocycles. The molecule has 0 radical (unpaired) electrons. The minimum atomic E-state index is -0.395. The zero-order valence-corrected chi connectivity index (χ0v) is 11.3. The molecule has 0 bridgehead atoms. The molecule has 0 aromatic heterocycles. The highest BCUT2D eigenvalue weighted by Crippen LogP contribution is 1.99. The molecule has 1 unspecified atom stereocenters. The number of likely N-dealkylation sites (N-methyl/N-ethyl adjacent to an activating group) is 1. The number of rotatable bonds is 7. The molecule has 16 heavy (non-hydrogen) atoms. The maximum atomic E-state index is 11.6. The normalized spacial score (nSPS) is 15.2. The van der Waals surface area contributed by atoms with Gasteiger partial charge in [-0.15, -0.1) is 0 Å². The predicted octanol–water partition coefficient (Wildman–Crippen LogP) is 0.816. The topological polar surface area (TPSA) is 58.4 Å². The lowest BCUT2D eigenvalue weighted by Crippen LogP contribution is -2.46. The second kappa shape index (κ2) is 7.63. The summed E-state index contributed by atoms with van der Waals surface area (Å²) in [6, 6.07) is 0.157. The van der Waals surface area contributed by atoms with Gasteiger partial charge >= 0.3 is 0 Å². The molecule has 0 rings (SSSR count). The summed E-state index contributed by atoms with van der Waals surface area (Å²) in [6.45, 7) is 9.78. The first kappa shape index (κ1) is 15.4. The van der Waals surface area contributed by atoms with Gasteiger partial charge in [-0.2, -0.15) is 0 Å². The van der Waals surface area contributed by atoms with Gasteiger partial charge in [0.15, 0.2) is 0 Å². The molecule has 0 aromatic rings. The van der Waals surface area contributed by atoms with Crippen LogP contribution in [-0.4, -0.2) is 43.0 Å². The SMILES string of the molecule is CCC(C)N(C)CCNC(=O)[C@@H](N)C(C)C. The zero-order valence-electron chi connectivity index (χ0n) is 11.3. The van der Waals surface area contributed by atoms with E-state index in [-0.39, 0.29) is 11.8 Å². The van der Waals surface area contributed by atoms with Crippen molar-refractivity contribution in [1.29, 1.82) is 0 Å².